The van der Waals surface area contributed by atoms with Crippen LogP contribution >= 0.6 is 0 Å². The molecule has 0 saturated heterocycles. The molecule has 4 nitrogen and oxygen atoms in total. The van der Waals surface area contributed by atoms with Gasteiger partial charge in [-0.2, -0.15) is 0 Å². The molecule has 13 aromatic rings. The van der Waals surface area contributed by atoms with Gasteiger partial charge in [0.2, 0.25) is 0 Å². The highest BCUT2D eigenvalue weighted by atomic mass is 16.3. The Morgan fingerprint density at radius 2 is 0.952 bits per heavy atom. The Bertz CT molecular complexity index is 3830. The van der Waals surface area contributed by atoms with Gasteiger partial charge >= 0.3 is 0 Å². The Morgan fingerprint density at radius 3 is 1.77 bits per heavy atom. The molecule has 3 heterocycles. The predicted octanol–water partition coefficient (Wildman–Crippen LogP) is 16.5. The predicted molar refractivity (Wildman–Crippen MR) is 258 cm³/mol. The first-order valence-corrected chi connectivity index (χ1v) is 21.1. The summed E-state index contributed by atoms with van der Waals surface area (Å²) in [5.41, 5.74) is 14.5. The lowest BCUT2D eigenvalue weighted by molar-refractivity contribution is 0.669. The normalized spacial score (nSPS) is 11.9. The standard InChI is InChI=1S/C58H36N2O2/c1-2-14-39-35-57-51(33-38(39)13-1)49-22-12-21-48(58(49)62-57)46-19-5-7-23-52(46)59(41-30-27-37(28-31-41)40-29-32-56-50(34-40)47-20-6-10-26-55(47)61-56)42-15-11-16-43(36-42)60-53-24-8-3-17-44(53)45-18-4-9-25-54(45)60/h1-36H. The van der Waals surface area contributed by atoms with Crippen LogP contribution < -0.4 is 4.90 Å². The molecule has 4 heteroatoms. The number of rotatable bonds is 6. The summed E-state index contributed by atoms with van der Waals surface area (Å²) in [7, 11) is 0. The lowest BCUT2D eigenvalue weighted by atomic mass is 9.98. The lowest BCUT2D eigenvalue weighted by Gasteiger charge is -2.28. The highest BCUT2D eigenvalue weighted by Crippen LogP contribution is 2.46. The average molecular weight is 793 g/mol. The molecule has 0 aliphatic carbocycles. The van der Waals surface area contributed by atoms with E-state index in [4.69, 9.17) is 8.83 Å². The van der Waals surface area contributed by atoms with Gasteiger partial charge in [0.1, 0.15) is 22.3 Å². The fourth-order valence-corrected chi connectivity index (χ4v) is 9.70. The van der Waals surface area contributed by atoms with Crippen LogP contribution in [0.4, 0.5) is 17.1 Å². The van der Waals surface area contributed by atoms with Crippen LogP contribution in [0.3, 0.4) is 0 Å². The van der Waals surface area contributed by atoms with Crippen molar-refractivity contribution in [1.82, 2.24) is 4.57 Å². The summed E-state index contributed by atoms with van der Waals surface area (Å²) >= 11 is 0. The highest BCUT2D eigenvalue weighted by Gasteiger charge is 2.22. The minimum absolute atomic E-state index is 0.877. The molecule has 0 unspecified atom stereocenters. The second kappa shape index (κ2) is 13.6. The smallest absolute Gasteiger partial charge is 0.143 e. The molecule has 0 N–H and O–H groups in total. The summed E-state index contributed by atoms with van der Waals surface area (Å²) in [5.74, 6) is 0. The maximum absolute atomic E-state index is 6.83. The monoisotopic (exact) mass is 792 g/mol. The summed E-state index contributed by atoms with van der Waals surface area (Å²) in [6.07, 6.45) is 0. The van der Waals surface area contributed by atoms with Crippen molar-refractivity contribution in [1.29, 1.82) is 0 Å². The van der Waals surface area contributed by atoms with Gasteiger partial charge in [0.25, 0.3) is 0 Å². The van der Waals surface area contributed by atoms with Gasteiger partial charge in [-0.05, 0) is 101 Å². The number of benzene rings is 10. The second-order valence-corrected chi connectivity index (χ2v) is 16.1. The number of fused-ring (bicyclic) bond motifs is 10. The minimum Gasteiger partial charge on any atom is -0.456 e. The highest BCUT2D eigenvalue weighted by molar-refractivity contribution is 6.14. The summed E-state index contributed by atoms with van der Waals surface area (Å²) in [5, 5.41) is 9.29. The van der Waals surface area contributed by atoms with E-state index in [1.807, 2.05) is 12.1 Å². The number of anilines is 3. The van der Waals surface area contributed by atoms with Crippen molar-refractivity contribution in [3.8, 4) is 27.9 Å². The first-order chi connectivity index (χ1) is 30.7. The van der Waals surface area contributed by atoms with Crippen LogP contribution in [-0.2, 0) is 0 Å². The maximum atomic E-state index is 6.83. The molecule has 0 spiro atoms. The quantitative estimate of drug-likeness (QED) is 0.168. The van der Waals surface area contributed by atoms with Crippen LogP contribution in [0.2, 0.25) is 0 Å². The van der Waals surface area contributed by atoms with Crippen LogP contribution in [-0.4, -0.2) is 4.57 Å². The number of furan rings is 2. The molecule has 0 amide bonds. The molecule has 0 saturated carbocycles. The zero-order valence-electron chi connectivity index (χ0n) is 33.5. The Balaban J connectivity index is 1.01. The largest absolute Gasteiger partial charge is 0.456 e. The molecule has 0 aliphatic heterocycles. The molecule has 0 radical (unpaired) electrons. The molecular formula is C58H36N2O2. The number of aromatic nitrogens is 1. The molecule has 0 aliphatic rings. The van der Waals surface area contributed by atoms with Crippen LogP contribution in [0.15, 0.2) is 227 Å². The zero-order chi connectivity index (χ0) is 40.7. The fourth-order valence-electron chi connectivity index (χ4n) is 9.70. The molecule has 0 atom stereocenters. The summed E-state index contributed by atoms with van der Waals surface area (Å²) < 4.78 is 15.4. The summed E-state index contributed by atoms with van der Waals surface area (Å²) in [4.78, 5) is 2.39. The van der Waals surface area contributed by atoms with E-state index in [1.165, 1.54) is 27.2 Å². The van der Waals surface area contributed by atoms with E-state index in [9.17, 15) is 0 Å². The van der Waals surface area contributed by atoms with E-state index in [-0.39, 0.29) is 0 Å². The van der Waals surface area contributed by atoms with Gasteiger partial charge in [0, 0.05) is 60.5 Å². The Morgan fingerprint density at radius 1 is 0.339 bits per heavy atom. The third kappa shape index (κ3) is 5.33. The van der Waals surface area contributed by atoms with Gasteiger partial charge < -0.3 is 18.3 Å². The first kappa shape index (κ1) is 34.5. The van der Waals surface area contributed by atoms with Crippen molar-refractivity contribution in [2.24, 2.45) is 0 Å². The molecule has 3 aromatic heterocycles. The van der Waals surface area contributed by atoms with E-state index >= 15 is 0 Å². The molecule has 10 aromatic carbocycles. The van der Waals surface area contributed by atoms with Crippen LogP contribution in [0.1, 0.15) is 0 Å². The number of hydrogen-bond donors (Lipinski definition) is 0. The van der Waals surface area contributed by atoms with E-state index in [0.717, 1.165) is 94.3 Å². The van der Waals surface area contributed by atoms with E-state index in [2.05, 4.69) is 216 Å². The Hall–Kier alpha value is -8.34. The van der Waals surface area contributed by atoms with Gasteiger partial charge in [0.05, 0.1) is 16.7 Å². The first-order valence-electron chi connectivity index (χ1n) is 21.1. The molecule has 0 bridgehead atoms. The van der Waals surface area contributed by atoms with Crippen LogP contribution in [0.25, 0.3) is 104 Å². The van der Waals surface area contributed by atoms with Crippen LogP contribution in [0, 0.1) is 0 Å². The number of nitrogens with zero attached hydrogens (tertiary/aromatic N) is 2. The van der Waals surface area contributed by atoms with Gasteiger partial charge in [-0.25, -0.2) is 0 Å². The van der Waals surface area contributed by atoms with E-state index in [1.54, 1.807) is 0 Å². The van der Waals surface area contributed by atoms with Crippen LogP contribution in [0.5, 0.6) is 0 Å². The van der Waals surface area contributed by atoms with Gasteiger partial charge in [-0.15, -0.1) is 0 Å². The third-order valence-corrected chi connectivity index (χ3v) is 12.6. The van der Waals surface area contributed by atoms with Crippen molar-refractivity contribution in [2.45, 2.75) is 0 Å². The van der Waals surface area contributed by atoms with Gasteiger partial charge in [-0.1, -0.05) is 140 Å². The minimum atomic E-state index is 0.877. The summed E-state index contributed by atoms with van der Waals surface area (Å²) in [6.45, 7) is 0. The zero-order valence-corrected chi connectivity index (χ0v) is 33.5. The maximum Gasteiger partial charge on any atom is 0.143 e. The average Bonchev–Trinajstić information content (AvgIpc) is 4.00. The summed E-state index contributed by atoms with van der Waals surface area (Å²) in [6, 6.07) is 78.1. The molecule has 62 heavy (non-hydrogen) atoms. The van der Waals surface area contributed by atoms with Crippen molar-refractivity contribution < 1.29 is 8.83 Å². The number of para-hydroxylation sites is 5. The Kier molecular flexibility index (Phi) is 7.57. The molecular weight excluding hydrogens is 757 g/mol. The van der Waals surface area contributed by atoms with Crippen molar-refractivity contribution in [3.05, 3.63) is 218 Å². The van der Waals surface area contributed by atoms with E-state index in [0.29, 0.717) is 0 Å². The third-order valence-electron chi connectivity index (χ3n) is 12.6. The molecule has 13 rings (SSSR count). The SMILES string of the molecule is c1cc(N(c2ccc(-c3ccc4oc5ccccc5c4c3)cc2)c2ccccc2-c2cccc3c2oc2cc4ccccc4cc23)cc(-n2c3ccccc3c3ccccc32)c1. The van der Waals surface area contributed by atoms with Crippen molar-refractivity contribution >= 4 is 93.5 Å². The second-order valence-electron chi connectivity index (χ2n) is 16.1. The van der Waals surface area contributed by atoms with E-state index < -0.39 is 0 Å². The number of hydrogen-bond acceptors (Lipinski definition) is 3. The lowest BCUT2D eigenvalue weighted by Crippen LogP contribution is -2.12. The molecule has 290 valence electrons. The topological polar surface area (TPSA) is 34.5 Å². The fraction of sp³-hybridized carbons (Fsp3) is 0. The van der Waals surface area contributed by atoms with Crippen molar-refractivity contribution in [3.63, 3.8) is 0 Å². The Labute approximate surface area is 356 Å². The van der Waals surface area contributed by atoms with Gasteiger partial charge in [0.15, 0.2) is 0 Å². The van der Waals surface area contributed by atoms with Crippen molar-refractivity contribution in [2.75, 3.05) is 4.90 Å². The molecule has 0 fully saturated rings. The van der Waals surface area contributed by atoms with Gasteiger partial charge in [-0.3, -0.25) is 0 Å².